The van der Waals surface area contributed by atoms with Gasteiger partial charge in [-0.1, -0.05) is 13.0 Å². The summed E-state index contributed by atoms with van der Waals surface area (Å²) in [6.45, 7) is 5.60. The van der Waals surface area contributed by atoms with Crippen LogP contribution in [0.5, 0.6) is 0 Å². The number of piperidine rings is 1. The van der Waals surface area contributed by atoms with Gasteiger partial charge in [-0.25, -0.2) is 9.50 Å². The lowest BCUT2D eigenvalue weighted by Gasteiger charge is -2.42. The van der Waals surface area contributed by atoms with Crippen LogP contribution in [0, 0.1) is 6.92 Å². The van der Waals surface area contributed by atoms with Crippen LogP contribution in [-0.2, 0) is 12.8 Å². The number of hydrogen-bond acceptors (Lipinski definition) is 4. The minimum Gasteiger partial charge on any atom is -0.337 e. The molecule has 3 aromatic rings. The second kappa shape index (κ2) is 7.42. The summed E-state index contributed by atoms with van der Waals surface area (Å²) in [4.78, 5) is 24.3. The Kier molecular flexibility index (Phi) is 4.85. The van der Waals surface area contributed by atoms with Crippen molar-refractivity contribution in [2.45, 2.75) is 57.0 Å². The van der Waals surface area contributed by atoms with Gasteiger partial charge in [-0.3, -0.25) is 4.79 Å². The molecule has 3 atom stereocenters. The quantitative estimate of drug-likeness (QED) is 0.594. The number of nitrogens with zero attached hydrogens (tertiary/aromatic N) is 5. The average molecular weight is 421 g/mol. The Balaban J connectivity index is 1.47. The van der Waals surface area contributed by atoms with E-state index in [0.717, 1.165) is 42.8 Å². The van der Waals surface area contributed by atoms with E-state index in [-0.39, 0.29) is 17.0 Å². The monoisotopic (exact) mass is 421 g/mol. The van der Waals surface area contributed by atoms with E-state index in [1.165, 1.54) is 24.0 Å². The molecular formula is C23H28N5OP. The molecule has 1 aliphatic heterocycles. The van der Waals surface area contributed by atoms with Gasteiger partial charge in [-0.05, 0) is 68.4 Å². The topological polar surface area (TPSA) is 63.4 Å². The Morgan fingerprint density at radius 3 is 2.83 bits per heavy atom. The van der Waals surface area contributed by atoms with Gasteiger partial charge in [0.1, 0.15) is 6.33 Å². The van der Waals surface area contributed by atoms with E-state index in [2.05, 4.69) is 49.4 Å². The predicted octanol–water partition coefficient (Wildman–Crippen LogP) is 3.58. The van der Waals surface area contributed by atoms with Crippen molar-refractivity contribution in [2.24, 2.45) is 0 Å². The number of aromatic nitrogens is 4. The van der Waals surface area contributed by atoms with E-state index in [1.54, 1.807) is 6.33 Å². The molecule has 0 saturated carbocycles. The van der Waals surface area contributed by atoms with Crippen LogP contribution < -0.4 is 0 Å². The first-order valence-electron chi connectivity index (χ1n) is 10.8. The van der Waals surface area contributed by atoms with E-state index in [1.807, 2.05) is 22.4 Å². The molecule has 6 nitrogen and oxygen atoms in total. The third kappa shape index (κ3) is 3.62. The van der Waals surface area contributed by atoms with E-state index in [0.29, 0.717) is 12.3 Å². The zero-order chi connectivity index (χ0) is 20.9. The van der Waals surface area contributed by atoms with Crippen LogP contribution in [0.15, 0.2) is 30.6 Å². The standard InChI is InChI=1S/C23H28N5OP/c1-15-9-20(28-22(26-15)24-14-25-28)19-11-23(2,30)13-27(12-19)21(29)18-8-7-16-5-3-4-6-17(16)10-18/h7-10,14,19H,3-6,11-13,30H2,1-2H3. The van der Waals surface area contributed by atoms with Crippen LogP contribution in [-0.4, -0.2) is 48.6 Å². The first-order valence-corrected chi connectivity index (χ1v) is 11.3. The van der Waals surface area contributed by atoms with Crippen molar-refractivity contribution in [3.05, 3.63) is 58.7 Å². The third-order valence-electron chi connectivity index (χ3n) is 6.41. The number of benzene rings is 1. The van der Waals surface area contributed by atoms with Gasteiger partial charge in [0.05, 0.1) is 5.69 Å². The highest BCUT2D eigenvalue weighted by atomic mass is 31.0. The summed E-state index contributed by atoms with van der Waals surface area (Å²) >= 11 is 0. The molecule has 3 heterocycles. The van der Waals surface area contributed by atoms with E-state index in [4.69, 9.17) is 0 Å². The molecule has 1 aromatic carbocycles. The fourth-order valence-corrected chi connectivity index (χ4v) is 5.62. The maximum atomic E-state index is 13.5. The number of aryl methyl sites for hydroxylation is 3. The van der Waals surface area contributed by atoms with Gasteiger partial charge in [0.15, 0.2) is 0 Å². The number of carbonyl (C=O) groups is 1. The number of hydrogen-bond donors (Lipinski definition) is 0. The molecule has 0 radical (unpaired) electrons. The summed E-state index contributed by atoms with van der Waals surface area (Å²) < 4.78 is 1.82. The van der Waals surface area contributed by atoms with Crippen LogP contribution in [0.4, 0.5) is 0 Å². The van der Waals surface area contributed by atoms with Crippen molar-refractivity contribution in [2.75, 3.05) is 13.1 Å². The summed E-state index contributed by atoms with van der Waals surface area (Å²) in [5.74, 6) is 0.921. The Labute approximate surface area is 179 Å². The predicted molar refractivity (Wildman–Crippen MR) is 120 cm³/mol. The first-order chi connectivity index (χ1) is 14.4. The largest absolute Gasteiger partial charge is 0.337 e. The van der Waals surface area contributed by atoms with Crippen LogP contribution >= 0.6 is 9.24 Å². The second-order valence-corrected chi connectivity index (χ2v) is 10.6. The minimum absolute atomic E-state index is 0.0587. The highest BCUT2D eigenvalue weighted by Gasteiger charge is 2.37. The van der Waals surface area contributed by atoms with Gasteiger partial charge in [-0.2, -0.15) is 10.1 Å². The van der Waals surface area contributed by atoms with Crippen molar-refractivity contribution in [1.82, 2.24) is 24.5 Å². The summed E-state index contributed by atoms with van der Waals surface area (Å²) in [5, 5.41) is 4.33. The summed E-state index contributed by atoms with van der Waals surface area (Å²) in [6.07, 6.45) is 7.20. The first kappa shape index (κ1) is 19.6. The summed E-state index contributed by atoms with van der Waals surface area (Å²) in [5.41, 5.74) is 5.57. The smallest absolute Gasteiger partial charge is 0.253 e. The SMILES string of the molecule is Cc1cc(C2CN(C(=O)c3ccc4c(c3)CCCC4)CC(C)(P)C2)n2ncnc2n1. The highest BCUT2D eigenvalue weighted by Crippen LogP contribution is 2.38. The Hall–Kier alpha value is -2.33. The molecule has 156 valence electrons. The maximum Gasteiger partial charge on any atom is 0.253 e. The molecule has 5 rings (SSSR count). The van der Waals surface area contributed by atoms with Crippen LogP contribution in [0.25, 0.3) is 5.78 Å². The van der Waals surface area contributed by atoms with Crippen molar-refractivity contribution < 1.29 is 4.79 Å². The van der Waals surface area contributed by atoms with Gasteiger partial charge in [-0.15, -0.1) is 9.24 Å². The molecule has 30 heavy (non-hydrogen) atoms. The van der Waals surface area contributed by atoms with E-state index in [9.17, 15) is 4.79 Å². The highest BCUT2D eigenvalue weighted by molar-refractivity contribution is 7.19. The average Bonchev–Trinajstić information content (AvgIpc) is 3.19. The lowest BCUT2D eigenvalue weighted by Crippen LogP contribution is -2.49. The van der Waals surface area contributed by atoms with Gasteiger partial charge in [0.25, 0.3) is 11.7 Å². The van der Waals surface area contributed by atoms with Crippen molar-refractivity contribution >= 4 is 20.9 Å². The molecular weight excluding hydrogens is 393 g/mol. The fraction of sp³-hybridized carbons (Fsp3) is 0.478. The second-order valence-electron chi connectivity index (χ2n) is 9.23. The number of fused-ring (bicyclic) bond motifs is 2. The normalized spacial score (nSPS) is 24.1. The van der Waals surface area contributed by atoms with Crippen LogP contribution in [0.2, 0.25) is 0 Å². The van der Waals surface area contributed by atoms with Crippen molar-refractivity contribution in [3.8, 4) is 0 Å². The fourth-order valence-electron chi connectivity index (χ4n) is 5.11. The van der Waals surface area contributed by atoms with Crippen LogP contribution in [0.1, 0.15) is 65.0 Å². The minimum atomic E-state index is -0.0587. The lowest BCUT2D eigenvalue weighted by molar-refractivity contribution is 0.0676. The Morgan fingerprint density at radius 1 is 1.20 bits per heavy atom. The molecule has 2 aliphatic rings. The van der Waals surface area contributed by atoms with Crippen molar-refractivity contribution in [3.63, 3.8) is 0 Å². The van der Waals surface area contributed by atoms with Gasteiger partial charge in [0.2, 0.25) is 0 Å². The third-order valence-corrected chi connectivity index (χ3v) is 6.83. The molecule has 1 aliphatic carbocycles. The molecule has 7 heteroatoms. The molecule has 1 saturated heterocycles. The summed E-state index contributed by atoms with van der Waals surface area (Å²) in [6, 6.07) is 8.39. The maximum absolute atomic E-state index is 13.5. The van der Waals surface area contributed by atoms with Crippen molar-refractivity contribution in [1.29, 1.82) is 0 Å². The number of likely N-dealkylation sites (tertiary alicyclic amines) is 1. The Morgan fingerprint density at radius 2 is 2.00 bits per heavy atom. The molecule has 0 N–H and O–H groups in total. The zero-order valence-corrected chi connectivity index (χ0v) is 18.8. The lowest BCUT2D eigenvalue weighted by atomic mass is 9.86. The van der Waals surface area contributed by atoms with Crippen LogP contribution in [0.3, 0.4) is 0 Å². The number of amides is 1. The molecule has 0 bridgehead atoms. The van der Waals surface area contributed by atoms with Gasteiger partial charge < -0.3 is 4.90 Å². The Bertz CT molecular complexity index is 1120. The molecule has 2 aromatic heterocycles. The summed E-state index contributed by atoms with van der Waals surface area (Å²) in [7, 11) is 2.98. The number of carbonyl (C=O) groups excluding carboxylic acids is 1. The molecule has 3 unspecified atom stereocenters. The number of rotatable bonds is 2. The molecule has 0 spiro atoms. The van der Waals surface area contributed by atoms with E-state index >= 15 is 0 Å². The molecule has 1 amide bonds. The van der Waals surface area contributed by atoms with E-state index < -0.39 is 0 Å². The van der Waals surface area contributed by atoms with Gasteiger partial charge >= 0.3 is 0 Å². The zero-order valence-electron chi connectivity index (χ0n) is 17.6. The van der Waals surface area contributed by atoms with Gasteiger partial charge in [0, 0.05) is 35.4 Å². The molecule has 1 fully saturated rings.